The third-order valence-electron chi connectivity index (χ3n) is 5.08. The lowest BCUT2D eigenvalue weighted by molar-refractivity contribution is 0.732. The number of nitriles is 2. The van der Waals surface area contributed by atoms with Crippen LogP contribution in [0.3, 0.4) is 0 Å². The zero-order valence-corrected chi connectivity index (χ0v) is 16.7. The highest BCUT2D eigenvalue weighted by Crippen LogP contribution is 2.24. The van der Waals surface area contributed by atoms with Crippen molar-refractivity contribution in [3.8, 4) is 12.1 Å². The molecule has 3 heteroatoms. The zero-order chi connectivity index (χ0) is 19.8. The van der Waals surface area contributed by atoms with Gasteiger partial charge in [0.1, 0.15) is 17.7 Å². The van der Waals surface area contributed by atoms with Gasteiger partial charge >= 0.3 is 0 Å². The molecule has 0 aliphatic rings. The molecule has 0 aliphatic carbocycles. The molecule has 2 aromatic rings. The van der Waals surface area contributed by atoms with E-state index in [0.717, 1.165) is 36.3 Å². The van der Waals surface area contributed by atoms with Gasteiger partial charge in [0, 0.05) is 18.8 Å². The first kappa shape index (κ1) is 20.3. The molecule has 0 saturated carbocycles. The Balaban J connectivity index is 2.20. The molecule has 0 spiro atoms. The Morgan fingerprint density at radius 1 is 1.07 bits per heavy atom. The molecule has 0 amide bonds. The molecule has 1 atom stereocenters. The van der Waals surface area contributed by atoms with Gasteiger partial charge in [-0.15, -0.1) is 0 Å². The summed E-state index contributed by atoms with van der Waals surface area (Å²) >= 11 is 0. The number of allylic oxidation sites excluding steroid dienone is 1. The van der Waals surface area contributed by atoms with E-state index in [1.807, 2.05) is 25.1 Å². The molecule has 0 aromatic heterocycles. The molecule has 0 fully saturated rings. The highest BCUT2D eigenvalue weighted by Gasteiger charge is 2.09. The summed E-state index contributed by atoms with van der Waals surface area (Å²) in [6.45, 7) is 10.4. The maximum atomic E-state index is 8.94. The summed E-state index contributed by atoms with van der Waals surface area (Å²) in [7, 11) is 0. The Bertz CT molecular complexity index is 863. The van der Waals surface area contributed by atoms with Crippen LogP contribution in [0.5, 0.6) is 0 Å². The van der Waals surface area contributed by atoms with Crippen molar-refractivity contribution < 1.29 is 0 Å². The SMILES string of the molecule is CCC(C)c1ccc(CN(CC)c2ccc(C=C(C#N)C#N)c(C)c2)cc1. The fourth-order valence-electron chi connectivity index (χ4n) is 3.06. The number of aryl methyl sites for hydroxylation is 1. The van der Waals surface area contributed by atoms with Crippen LogP contribution in [0.1, 0.15) is 55.4 Å². The quantitative estimate of drug-likeness (QED) is 0.574. The van der Waals surface area contributed by atoms with Crippen LogP contribution in [0.2, 0.25) is 0 Å². The average molecular weight is 358 g/mol. The van der Waals surface area contributed by atoms with Crippen molar-refractivity contribution in [2.45, 2.75) is 46.6 Å². The van der Waals surface area contributed by atoms with Crippen LogP contribution in [0.4, 0.5) is 5.69 Å². The van der Waals surface area contributed by atoms with Crippen molar-refractivity contribution >= 4 is 11.8 Å². The van der Waals surface area contributed by atoms with Crippen molar-refractivity contribution in [3.63, 3.8) is 0 Å². The molecule has 0 bridgehead atoms. The third kappa shape index (κ3) is 5.22. The van der Waals surface area contributed by atoms with Crippen molar-refractivity contribution in [1.82, 2.24) is 0 Å². The molecule has 138 valence electrons. The minimum atomic E-state index is 0.125. The number of hydrogen-bond acceptors (Lipinski definition) is 3. The van der Waals surface area contributed by atoms with Gasteiger partial charge < -0.3 is 4.90 Å². The summed E-state index contributed by atoms with van der Waals surface area (Å²) in [6.07, 6.45) is 2.79. The molecule has 0 aliphatic heterocycles. The highest BCUT2D eigenvalue weighted by atomic mass is 15.1. The molecule has 3 nitrogen and oxygen atoms in total. The Morgan fingerprint density at radius 3 is 2.26 bits per heavy atom. The lowest BCUT2D eigenvalue weighted by Crippen LogP contribution is -2.22. The third-order valence-corrected chi connectivity index (χ3v) is 5.08. The maximum absolute atomic E-state index is 8.94. The van der Waals surface area contributed by atoms with Gasteiger partial charge in [-0.1, -0.05) is 44.2 Å². The number of rotatable bonds is 7. The molecule has 0 N–H and O–H groups in total. The lowest BCUT2D eigenvalue weighted by Gasteiger charge is -2.24. The Hall–Kier alpha value is -3.04. The smallest absolute Gasteiger partial charge is 0.130 e. The number of hydrogen-bond donors (Lipinski definition) is 0. The first-order chi connectivity index (χ1) is 13.0. The largest absolute Gasteiger partial charge is 0.367 e. The standard InChI is InChI=1S/C24H27N3/c1-5-18(3)22-9-7-20(8-10-22)17-27(6-2)24-12-11-23(19(4)13-24)14-21(15-25)16-26/h7-14,18H,5-6,17H2,1-4H3. The summed E-state index contributed by atoms with van der Waals surface area (Å²) in [5.41, 5.74) is 5.92. The van der Waals surface area contributed by atoms with Gasteiger partial charge in [-0.2, -0.15) is 10.5 Å². The van der Waals surface area contributed by atoms with E-state index in [-0.39, 0.29) is 5.57 Å². The molecule has 27 heavy (non-hydrogen) atoms. The van der Waals surface area contributed by atoms with Crippen LogP contribution in [0.25, 0.3) is 6.08 Å². The van der Waals surface area contributed by atoms with Gasteiger partial charge in [0.25, 0.3) is 0 Å². The second kappa shape index (κ2) is 9.60. The van der Waals surface area contributed by atoms with Crippen molar-refractivity contribution in [2.75, 3.05) is 11.4 Å². The molecular weight excluding hydrogens is 330 g/mol. The monoisotopic (exact) mass is 357 g/mol. The summed E-state index contributed by atoms with van der Waals surface area (Å²) in [5.74, 6) is 0.594. The molecule has 0 heterocycles. The Kier molecular flexibility index (Phi) is 7.21. The fraction of sp³-hybridized carbons (Fsp3) is 0.333. The molecule has 2 aromatic carbocycles. The van der Waals surface area contributed by atoms with E-state index in [4.69, 9.17) is 10.5 Å². The van der Waals surface area contributed by atoms with Crippen LogP contribution < -0.4 is 4.90 Å². The predicted octanol–water partition coefficient (Wildman–Crippen LogP) is 5.97. The van der Waals surface area contributed by atoms with Gasteiger partial charge in [-0.3, -0.25) is 0 Å². The minimum absolute atomic E-state index is 0.125. The lowest BCUT2D eigenvalue weighted by atomic mass is 9.97. The van der Waals surface area contributed by atoms with E-state index in [9.17, 15) is 0 Å². The summed E-state index contributed by atoms with van der Waals surface area (Å²) < 4.78 is 0. The minimum Gasteiger partial charge on any atom is -0.367 e. The second-order valence-electron chi connectivity index (χ2n) is 6.89. The van der Waals surface area contributed by atoms with Crippen LogP contribution in [0, 0.1) is 29.6 Å². The first-order valence-corrected chi connectivity index (χ1v) is 9.48. The first-order valence-electron chi connectivity index (χ1n) is 9.48. The molecule has 0 saturated heterocycles. The normalized spacial score (nSPS) is 11.2. The Labute approximate surface area is 163 Å². The van der Waals surface area contributed by atoms with E-state index < -0.39 is 0 Å². The topological polar surface area (TPSA) is 50.8 Å². The molecule has 0 radical (unpaired) electrons. The van der Waals surface area contributed by atoms with E-state index in [1.165, 1.54) is 11.1 Å². The predicted molar refractivity (Wildman–Crippen MR) is 112 cm³/mol. The summed E-state index contributed by atoms with van der Waals surface area (Å²) in [6, 6.07) is 18.9. The second-order valence-corrected chi connectivity index (χ2v) is 6.89. The molecular formula is C24H27N3. The molecule has 1 unspecified atom stereocenters. The highest BCUT2D eigenvalue weighted by molar-refractivity contribution is 5.66. The summed E-state index contributed by atoms with van der Waals surface area (Å²) in [5, 5.41) is 17.9. The maximum Gasteiger partial charge on any atom is 0.130 e. The van der Waals surface area contributed by atoms with Crippen LogP contribution in [-0.2, 0) is 6.54 Å². The van der Waals surface area contributed by atoms with Gasteiger partial charge in [0.2, 0.25) is 0 Å². The number of nitrogens with zero attached hydrogens (tertiary/aromatic N) is 3. The average Bonchev–Trinajstić information content (AvgIpc) is 2.71. The van der Waals surface area contributed by atoms with Crippen molar-refractivity contribution in [2.24, 2.45) is 0 Å². The van der Waals surface area contributed by atoms with E-state index in [0.29, 0.717) is 5.92 Å². The van der Waals surface area contributed by atoms with E-state index >= 15 is 0 Å². The van der Waals surface area contributed by atoms with E-state index in [1.54, 1.807) is 6.08 Å². The molecule has 2 rings (SSSR count). The van der Waals surface area contributed by atoms with E-state index in [2.05, 4.69) is 62.1 Å². The zero-order valence-electron chi connectivity index (χ0n) is 16.7. The van der Waals surface area contributed by atoms with Gasteiger partial charge in [0.05, 0.1) is 0 Å². The fourth-order valence-corrected chi connectivity index (χ4v) is 3.06. The Morgan fingerprint density at radius 2 is 1.74 bits per heavy atom. The van der Waals surface area contributed by atoms with Crippen LogP contribution in [0.15, 0.2) is 48.0 Å². The van der Waals surface area contributed by atoms with Crippen molar-refractivity contribution in [3.05, 3.63) is 70.3 Å². The van der Waals surface area contributed by atoms with Crippen LogP contribution >= 0.6 is 0 Å². The van der Waals surface area contributed by atoms with Crippen LogP contribution in [-0.4, -0.2) is 6.54 Å². The van der Waals surface area contributed by atoms with Gasteiger partial charge in [0.15, 0.2) is 0 Å². The van der Waals surface area contributed by atoms with Crippen molar-refractivity contribution in [1.29, 1.82) is 10.5 Å². The van der Waals surface area contributed by atoms with Gasteiger partial charge in [-0.25, -0.2) is 0 Å². The summed E-state index contributed by atoms with van der Waals surface area (Å²) in [4.78, 5) is 2.33. The van der Waals surface area contributed by atoms with Gasteiger partial charge in [-0.05, 0) is 66.6 Å². The number of anilines is 1. The number of benzene rings is 2.